The largest absolute Gasteiger partial charge is 0.497 e. The van der Waals surface area contributed by atoms with Crippen molar-refractivity contribution in [2.24, 2.45) is 11.8 Å². The van der Waals surface area contributed by atoms with Crippen molar-refractivity contribution >= 4 is 5.78 Å². The third-order valence-corrected chi connectivity index (χ3v) is 6.19. The number of hydrogen-bond acceptors (Lipinski definition) is 7. The van der Waals surface area contributed by atoms with Crippen LogP contribution in [0.3, 0.4) is 0 Å². The van der Waals surface area contributed by atoms with E-state index in [4.69, 9.17) is 14.2 Å². The number of rotatable bonds is 9. The summed E-state index contributed by atoms with van der Waals surface area (Å²) in [5.41, 5.74) is 0.544. The summed E-state index contributed by atoms with van der Waals surface area (Å²) in [5, 5.41) is 30.6. The Labute approximate surface area is 177 Å². The SMILES string of the molecule is COc1ccc(C(=O)/C=C/C[C@@H]2OC[C@H](C[C@@H]3O[C@H]3[C@@H](C)[C@H](C)O)[C@@H](O)[C@H]2O)cc1. The molecule has 1 aromatic rings. The Bertz CT molecular complexity index is 730. The highest BCUT2D eigenvalue weighted by atomic mass is 16.6. The molecule has 2 saturated heterocycles. The minimum atomic E-state index is -1.03. The van der Waals surface area contributed by atoms with E-state index in [2.05, 4.69) is 0 Å². The average molecular weight is 421 g/mol. The lowest BCUT2D eigenvalue weighted by molar-refractivity contribution is -0.164. The molecule has 0 amide bonds. The van der Waals surface area contributed by atoms with Gasteiger partial charge in [0.1, 0.15) is 11.9 Å². The monoisotopic (exact) mass is 420 g/mol. The van der Waals surface area contributed by atoms with Crippen LogP contribution in [-0.4, -0.2) is 71.4 Å². The summed E-state index contributed by atoms with van der Waals surface area (Å²) in [7, 11) is 1.57. The minimum absolute atomic E-state index is 0.0148. The van der Waals surface area contributed by atoms with E-state index in [1.807, 2.05) is 6.92 Å². The number of carbonyl (C=O) groups is 1. The second-order valence-electron chi connectivity index (χ2n) is 8.32. The van der Waals surface area contributed by atoms with Crippen molar-refractivity contribution in [2.45, 2.75) is 63.3 Å². The fourth-order valence-electron chi connectivity index (χ4n) is 3.90. The Kier molecular flexibility index (Phi) is 7.65. The minimum Gasteiger partial charge on any atom is -0.497 e. The molecule has 0 saturated carbocycles. The molecule has 2 aliphatic rings. The van der Waals surface area contributed by atoms with Crippen molar-refractivity contribution in [3.05, 3.63) is 42.0 Å². The molecule has 2 heterocycles. The average Bonchev–Trinajstić information content (AvgIpc) is 3.51. The number of aliphatic hydroxyl groups is 3. The molecular formula is C23H32O7. The molecule has 0 spiro atoms. The molecule has 7 nitrogen and oxygen atoms in total. The number of epoxide rings is 1. The van der Waals surface area contributed by atoms with Crippen molar-refractivity contribution in [3.8, 4) is 5.75 Å². The summed E-state index contributed by atoms with van der Waals surface area (Å²) in [5.74, 6) is 0.339. The van der Waals surface area contributed by atoms with Crippen molar-refractivity contribution in [3.63, 3.8) is 0 Å². The quantitative estimate of drug-likeness (QED) is 0.317. The van der Waals surface area contributed by atoms with Crippen molar-refractivity contribution in [2.75, 3.05) is 13.7 Å². The molecule has 3 rings (SSSR count). The zero-order valence-corrected chi connectivity index (χ0v) is 17.7. The highest BCUT2D eigenvalue weighted by molar-refractivity contribution is 6.04. The van der Waals surface area contributed by atoms with Gasteiger partial charge in [-0.1, -0.05) is 13.0 Å². The maximum absolute atomic E-state index is 12.2. The number of aliphatic hydroxyl groups excluding tert-OH is 3. The number of ether oxygens (including phenoxy) is 3. The standard InChI is InChI=1S/C23H32O7/c1-13(14(2)24)23-20(30-23)11-16-12-29-19(22(27)21(16)26)6-4-5-18(25)15-7-9-17(28-3)10-8-15/h4-5,7-10,13-14,16,19-24,26-27H,6,11-12H2,1-3H3/b5-4+/t13-,14-,16-,19-,20-,21+,22-,23-/m0/s1. The summed E-state index contributed by atoms with van der Waals surface area (Å²) in [6.45, 7) is 4.00. The highest BCUT2D eigenvalue weighted by Crippen LogP contribution is 2.38. The van der Waals surface area contributed by atoms with Gasteiger partial charge in [0, 0.05) is 17.4 Å². The lowest BCUT2D eigenvalue weighted by Gasteiger charge is -2.37. The lowest BCUT2D eigenvalue weighted by Crippen LogP contribution is -2.50. The zero-order chi connectivity index (χ0) is 21.8. The molecule has 166 valence electrons. The summed E-state index contributed by atoms with van der Waals surface area (Å²) >= 11 is 0. The van der Waals surface area contributed by atoms with E-state index in [1.165, 1.54) is 6.08 Å². The Balaban J connectivity index is 1.46. The first-order valence-corrected chi connectivity index (χ1v) is 10.5. The molecule has 0 aromatic heterocycles. The van der Waals surface area contributed by atoms with E-state index in [1.54, 1.807) is 44.4 Å². The fraction of sp³-hybridized carbons (Fsp3) is 0.609. The topological polar surface area (TPSA) is 109 Å². The number of benzene rings is 1. The number of methoxy groups -OCH3 is 1. The van der Waals surface area contributed by atoms with Crippen LogP contribution in [-0.2, 0) is 9.47 Å². The number of hydrogen-bond donors (Lipinski definition) is 3. The zero-order valence-electron chi connectivity index (χ0n) is 17.7. The second kappa shape index (κ2) is 10.0. The first-order chi connectivity index (χ1) is 14.3. The molecular weight excluding hydrogens is 388 g/mol. The van der Waals surface area contributed by atoms with Crippen molar-refractivity contribution < 1.29 is 34.3 Å². The van der Waals surface area contributed by atoms with Gasteiger partial charge in [0.15, 0.2) is 5.78 Å². The summed E-state index contributed by atoms with van der Waals surface area (Å²) < 4.78 is 16.5. The van der Waals surface area contributed by atoms with E-state index in [-0.39, 0.29) is 29.8 Å². The molecule has 0 radical (unpaired) electrons. The van der Waals surface area contributed by atoms with Crippen LogP contribution in [0.2, 0.25) is 0 Å². The van der Waals surface area contributed by atoms with Crippen molar-refractivity contribution in [1.82, 2.24) is 0 Å². The molecule has 1 aromatic carbocycles. The molecule has 2 fully saturated rings. The number of ketones is 1. The van der Waals surface area contributed by atoms with Gasteiger partial charge in [-0.3, -0.25) is 4.79 Å². The third kappa shape index (κ3) is 5.47. The molecule has 2 aliphatic heterocycles. The first-order valence-electron chi connectivity index (χ1n) is 10.5. The Morgan fingerprint density at radius 3 is 2.53 bits per heavy atom. The molecule has 0 unspecified atom stereocenters. The Hall–Kier alpha value is -1.77. The van der Waals surface area contributed by atoms with Crippen LogP contribution in [0.5, 0.6) is 5.75 Å². The van der Waals surface area contributed by atoms with Gasteiger partial charge in [0.25, 0.3) is 0 Å². The predicted molar refractivity (Wildman–Crippen MR) is 110 cm³/mol. The van der Waals surface area contributed by atoms with Gasteiger partial charge in [-0.2, -0.15) is 0 Å². The van der Waals surface area contributed by atoms with Crippen LogP contribution in [0.1, 0.15) is 37.0 Å². The second-order valence-corrected chi connectivity index (χ2v) is 8.32. The van der Waals surface area contributed by atoms with E-state index < -0.39 is 24.4 Å². The third-order valence-electron chi connectivity index (χ3n) is 6.19. The molecule has 0 aliphatic carbocycles. The van der Waals surface area contributed by atoms with Gasteiger partial charge in [-0.15, -0.1) is 0 Å². The van der Waals surface area contributed by atoms with Gasteiger partial charge < -0.3 is 29.5 Å². The van der Waals surface area contributed by atoms with Gasteiger partial charge >= 0.3 is 0 Å². The Morgan fingerprint density at radius 2 is 1.90 bits per heavy atom. The van der Waals surface area contributed by atoms with Gasteiger partial charge in [0.05, 0.1) is 44.2 Å². The van der Waals surface area contributed by atoms with Crippen molar-refractivity contribution in [1.29, 1.82) is 0 Å². The molecule has 7 heteroatoms. The smallest absolute Gasteiger partial charge is 0.185 e. The molecule has 0 bridgehead atoms. The van der Waals surface area contributed by atoms with Crippen LogP contribution in [0, 0.1) is 11.8 Å². The predicted octanol–water partition coefficient (Wildman–Crippen LogP) is 1.74. The Morgan fingerprint density at radius 1 is 1.20 bits per heavy atom. The summed E-state index contributed by atoms with van der Waals surface area (Å²) in [4.78, 5) is 12.2. The van der Waals surface area contributed by atoms with Gasteiger partial charge in [-0.05, 0) is 50.1 Å². The molecule has 30 heavy (non-hydrogen) atoms. The summed E-state index contributed by atoms with van der Waals surface area (Å²) in [6, 6.07) is 6.83. The van der Waals surface area contributed by atoms with Crippen LogP contribution < -0.4 is 4.74 Å². The fourth-order valence-corrected chi connectivity index (χ4v) is 3.90. The number of allylic oxidation sites excluding steroid dienone is 1. The summed E-state index contributed by atoms with van der Waals surface area (Å²) in [6.07, 6.45) is 1.03. The molecule has 8 atom stereocenters. The normalized spacial score (nSPS) is 33.3. The van der Waals surface area contributed by atoms with Crippen LogP contribution in [0.25, 0.3) is 0 Å². The molecule has 3 N–H and O–H groups in total. The van der Waals surface area contributed by atoms with E-state index in [0.717, 1.165) is 0 Å². The van der Waals surface area contributed by atoms with Gasteiger partial charge in [-0.25, -0.2) is 0 Å². The first kappa shape index (κ1) is 22.9. The van der Waals surface area contributed by atoms with Gasteiger partial charge in [0.2, 0.25) is 0 Å². The highest BCUT2D eigenvalue weighted by Gasteiger charge is 2.48. The van der Waals surface area contributed by atoms with Crippen LogP contribution in [0.15, 0.2) is 36.4 Å². The maximum atomic E-state index is 12.2. The van der Waals surface area contributed by atoms with Crippen LogP contribution in [0.4, 0.5) is 0 Å². The lowest BCUT2D eigenvalue weighted by atomic mass is 9.86. The number of carbonyl (C=O) groups excluding carboxylic acids is 1. The van der Waals surface area contributed by atoms with E-state index >= 15 is 0 Å². The van der Waals surface area contributed by atoms with E-state index in [9.17, 15) is 20.1 Å². The van der Waals surface area contributed by atoms with Crippen LogP contribution >= 0.6 is 0 Å². The maximum Gasteiger partial charge on any atom is 0.185 e. The van der Waals surface area contributed by atoms with E-state index in [0.29, 0.717) is 30.8 Å².